The van der Waals surface area contributed by atoms with Gasteiger partial charge in [0.15, 0.2) is 0 Å². The summed E-state index contributed by atoms with van der Waals surface area (Å²) in [5.74, 6) is -3.37. The van der Waals surface area contributed by atoms with Gasteiger partial charge in [-0.1, -0.05) is 0 Å². The van der Waals surface area contributed by atoms with E-state index in [1.54, 1.807) is 0 Å². The molecule has 0 amide bonds. The van der Waals surface area contributed by atoms with Crippen LogP contribution in [-0.4, -0.2) is 29.0 Å². The molecule has 0 aromatic heterocycles. The van der Waals surface area contributed by atoms with Crippen molar-refractivity contribution in [3.63, 3.8) is 0 Å². The first-order valence-corrected chi connectivity index (χ1v) is 3.64. The van der Waals surface area contributed by atoms with Crippen LogP contribution < -0.4 is 10.2 Å². The molecule has 0 aliphatic rings. The molecule has 0 rings (SSSR count). The van der Waals surface area contributed by atoms with Gasteiger partial charge in [0.1, 0.15) is 11.6 Å². The topological polar surface area (TPSA) is 146 Å². The van der Waals surface area contributed by atoms with Crippen LogP contribution in [0.15, 0.2) is 0 Å². The van der Waals surface area contributed by atoms with Gasteiger partial charge in [-0.25, -0.2) is 0 Å². The van der Waals surface area contributed by atoms with Gasteiger partial charge in [0.05, 0.1) is 0 Å². The molecule has 7 nitrogen and oxygen atoms in total. The maximum atomic E-state index is 9.83. The minimum Gasteiger partial charge on any atom is -0.550 e. The second-order valence-electron chi connectivity index (χ2n) is 2.50. The van der Waals surface area contributed by atoms with Crippen LogP contribution in [0.4, 0.5) is 0 Å². The van der Waals surface area contributed by atoms with Gasteiger partial charge >= 0.3 is 19.5 Å². The number of carbonyl (C=O) groups excluding carboxylic acids is 4. The molecule has 0 aliphatic carbocycles. The van der Waals surface area contributed by atoms with Gasteiger partial charge in [0.2, 0.25) is 0 Å². The zero-order valence-electron chi connectivity index (χ0n) is 9.07. The summed E-state index contributed by atoms with van der Waals surface area (Å²) in [6.07, 6.45) is -0.944. The van der Waals surface area contributed by atoms with Crippen molar-refractivity contribution in [2.45, 2.75) is 26.7 Å². The second kappa shape index (κ2) is 13.9. The molecule has 0 unspecified atom stereocenters. The van der Waals surface area contributed by atoms with E-state index in [1.165, 1.54) is 13.8 Å². The third-order valence-electron chi connectivity index (χ3n) is 0.787. The number of ketones is 2. The minimum atomic E-state index is -1.31. The van der Waals surface area contributed by atoms with Crippen LogP contribution in [0.3, 0.4) is 0 Å². The van der Waals surface area contributed by atoms with Crippen molar-refractivity contribution in [3.8, 4) is 0 Å². The zero-order valence-corrected chi connectivity index (χ0v) is 12.0. The van der Waals surface area contributed by atoms with E-state index in [9.17, 15) is 29.4 Å². The summed E-state index contributed by atoms with van der Waals surface area (Å²) in [6.45, 7) is 2.41. The summed E-state index contributed by atoms with van der Waals surface area (Å²) in [6, 6.07) is 0. The van der Waals surface area contributed by atoms with E-state index in [4.69, 9.17) is 0 Å². The van der Waals surface area contributed by atoms with Crippen LogP contribution in [0.2, 0.25) is 0 Å². The van der Waals surface area contributed by atoms with Crippen molar-refractivity contribution in [3.05, 3.63) is 0 Å². The molecule has 2 N–H and O–H groups in total. The predicted octanol–water partition coefficient (Wildman–Crippen LogP) is -3.40. The van der Waals surface area contributed by atoms with Crippen molar-refractivity contribution < 1.29 is 54.3 Å². The summed E-state index contributed by atoms with van der Waals surface area (Å²) in [5.41, 5.74) is 0. The summed E-state index contributed by atoms with van der Waals surface area (Å²) in [4.78, 5) is 38.6. The Kier molecular flexibility index (Phi) is 21.0. The predicted molar refractivity (Wildman–Crippen MR) is 44.2 cm³/mol. The molecule has 0 radical (unpaired) electrons. The molecular weight excluding hydrogens is 273 g/mol. The molecule has 16 heavy (non-hydrogen) atoms. The van der Waals surface area contributed by atoms with Gasteiger partial charge in [-0.05, 0) is 13.8 Å². The Bertz CT molecular complexity index is 199. The number of aliphatic carboxylic acids is 2. The first kappa shape index (κ1) is 24.2. The molecule has 0 saturated carbocycles. The Balaban J connectivity index is -0.0000000800. The largest absolute Gasteiger partial charge is 2.00 e. The molecule has 0 spiro atoms. The Labute approximate surface area is 105 Å². The van der Waals surface area contributed by atoms with Gasteiger partial charge in [0.25, 0.3) is 0 Å². The van der Waals surface area contributed by atoms with E-state index < -0.39 is 24.8 Å². The third kappa shape index (κ3) is 38.4. The average molecular weight is 286 g/mol. The van der Waals surface area contributed by atoms with Crippen molar-refractivity contribution >= 4 is 23.5 Å². The summed E-state index contributed by atoms with van der Waals surface area (Å²) in [5, 5.41) is 19.0. The maximum absolute atomic E-state index is 9.83. The van der Waals surface area contributed by atoms with E-state index in [2.05, 4.69) is 0 Å². The number of hydrogen-bond acceptors (Lipinski definition) is 6. The maximum Gasteiger partial charge on any atom is 2.00 e. The molecule has 0 aliphatic heterocycles. The van der Waals surface area contributed by atoms with Crippen molar-refractivity contribution in [2.24, 2.45) is 0 Å². The van der Waals surface area contributed by atoms with Gasteiger partial charge < -0.3 is 25.3 Å². The van der Waals surface area contributed by atoms with Crippen molar-refractivity contribution in [2.75, 3.05) is 0 Å². The van der Waals surface area contributed by atoms with Crippen LogP contribution in [-0.2, 0) is 38.7 Å². The molecule has 0 bridgehead atoms. The van der Waals surface area contributed by atoms with Gasteiger partial charge in [-0.3, -0.25) is 9.59 Å². The Morgan fingerprint density at radius 1 is 0.812 bits per heavy atom. The van der Waals surface area contributed by atoms with Crippen LogP contribution in [0.25, 0.3) is 0 Å². The van der Waals surface area contributed by atoms with Crippen LogP contribution in [0.5, 0.6) is 0 Å². The number of Topliss-reactive ketones (excluding diaryl/α,β-unsaturated/α-hetero) is 2. The number of rotatable bonds is 4. The molecule has 0 heterocycles. The monoisotopic (exact) mass is 284 g/mol. The molecular formula is C8H12O7Zn. The molecule has 88 valence electrons. The normalized spacial score (nSPS) is 7.12. The van der Waals surface area contributed by atoms with Crippen molar-refractivity contribution in [1.82, 2.24) is 0 Å². The Morgan fingerprint density at radius 2 is 1.00 bits per heavy atom. The first-order valence-electron chi connectivity index (χ1n) is 3.64. The average Bonchev–Trinajstić information content (AvgIpc) is 1.79. The smallest absolute Gasteiger partial charge is 0.550 e. The Morgan fingerprint density at radius 3 is 1.00 bits per heavy atom. The number of hydrogen-bond donors (Lipinski definition) is 0. The summed E-state index contributed by atoms with van der Waals surface area (Å²) in [7, 11) is 0. The number of carbonyl (C=O) groups is 4. The van der Waals surface area contributed by atoms with Crippen molar-refractivity contribution in [1.29, 1.82) is 0 Å². The van der Waals surface area contributed by atoms with E-state index in [0.717, 1.165) is 0 Å². The van der Waals surface area contributed by atoms with Crippen LogP contribution >= 0.6 is 0 Å². The van der Waals surface area contributed by atoms with Gasteiger partial charge in [0, 0.05) is 24.8 Å². The number of carboxylic acids is 2. The van der Waals surface area contributed by atoms with E-state index in [-0.39, 0.29) is 36.5 Å². The third-order valence-corrected chi connectivity index (χ3v) is 0.787. The summed E-state index contributed by atoms with van der Waals surface area (Å²) < 4.78 is 0. The minimum absolute atomic E-state index is 0. The fraction of sp³-hybridized carbons (Fsp3) is 0.500. The molecule has 8 heteroatoms. The van der Waals surface area contributed by atoms with E-state index in [0.29, 0.717) is 0 Å². The fourth-order valence-corrected chi connectivity index (χ4v) is 0.407. The SMILES string of the molecule is CC(=O)CC(=O)[O-].CC(=O)CC(=O)[O-].O.[Zn+2]. The fourth-order valence-electron chi connectivity index (χ4n) is 0.407. The van der Waals surface area contributed by atoms with Gasteiger partial charge in [-0.15, -0.1) is 0 Å². The zero-order chi connectivity index (χ0) is 11.7. The van der Waals surface area contributed by atoms with Gasteiger partial charge in [-0.2, -0.15) is 0 Å². The summed E-state index contributed by atoms with van der Waals surface area (Å²) >= 11 is 0. The van der Waals surface area contributed by atoms with E-state index in [1.807, 2.05) is 0 Å². The number of carboxylic acid groups (broad SMARTS) is 2. The van der Waals surface area contributed by atoms with Crippen LogP contribution in [0, 0.1) is 0 Å². The van der Waals surface area contributed by atoms with Crippen LogP contribution in [0.1, 0.15) is 26.7 Å². The quantitative estimate of drug-likeness (QED) is 0.388. The standard InChI is InChI=1S/2C4H6O3.H2O.Zn/c2*1-3(5)2-4(6)7;;/h2*2H2,1H3,(H,6,7);1H2;/q;;;+2/p-2. The molecule has 0 aromatic carbocycles. The molecule has 0 atom stereocenters. The molecule has 0 fully saturated rings. The second-order valence-corrected chi connectivity index (χ2v) is 2.50. The molecule has 0 saturated heterocycles. The first-order chi connectivity index (χ1) is 6.25. The molecule has 0 aromatic rings. The van der Waals surface area contributed by atoms with E-state index >= 15 is 0 Å². The Hall–Kier alpha value is -1.14.